The summed E-state index contributed by atoms with van der Waals surface area (Å²) in [5.74, 6) is 0. The van der Waals surface area contributed by atoms with E-state index in [1.807, 2.05) is 0 Å². The van der Waals surface area contributed by atoms with Crippen LogP contribution in [-0.2, 0) is 10.0 Å². The van der Waals surface area contributed by atoms with E-state index in [4.69, 9.17) is 0 Å². The summed E-state index contributed by atoms with van der Waals surface area (Å²) in [4.78, 5) is 10.1. The van der Waals surface area contributed by atoms with Gasteiger partial charge in [0.25, 0.3) is 5.69 Å². The Morgan fingerprint density at radius 3 is 2.50 bits per heavy atom. The molecule has 1 rings (SSSR count). The van der Waals surface area contributed by atoms with Gasteiger partial charge >= 0.3 is 0 Å². The van der Waals surface area contributed by atoms with Crippen molar-refractivity contribution in [1.82, 2.24) is 4.72 Å². The van der Waals surface area contributed by atoms with Gasteiger partial charge < -0.3 is 5.11 Å². The van der Waals surface area contributed by atoms with Gasteiger partial charge in [0.2, 0.25) is 10.0 Å². The minimum absolute atomic E-state index is 0.125. The smallest absolute Gasteiger partial charge is 0.273 e. The molecule has 1 unspecified atom stereocenters. The number of hydrogen-bond acceptors (Lipinski definition) is 5. The molecule has 0 bridgehead atoms. The molecule has 0 amide bonds. The van der Waals surface area contributed by atoms with Crippen molar-refractivity contribution in [1.29, 1.82) is 0 Å². The van der Waals surface area contributed by atoms with Crippen LogP contribution < -0.4 is 4.72 Å². The number of aliphatic hydroxyl groups excluding tert-OH is 1. The van der Waals surface area contributed by atoms with Crippen LogP contribution in [0.2, 0.25) is 0 Å². The van der Waals surface area contributed by atoms with E-state index in [2.05, 4.69) is 4.72 Å². The van der Waals surface area contributed by atoms with Crippen LogP contribution in [0.3, 0.4) is 0 Å². The Kier molecular flexibility index (Phi) is 5.21. The number of benzene rings is 1. The van der Waals surface area contributed by atoms with Crippen LogP contribution in [0, 0.1) is 24.0 Å². The maximum atomic E-state index is 12.0. The SMILES string of the molecule is CCC(O)CNS(=O)(=O)c1cc(C)c(C)c([N+](=O)[O-])c1. The molecule has 0 aromatic heterocycles. The Balaban J connectivity index is 3.16. The van der Waals surface area contributed by atoms with Crippen molar-refractivity contribution in [3.63, 3.8) is 0 Å². The first-order chi connectivity index (χ1) is 9.19. The highest BCUT2D eigenvalue weighted by Crippen LogP contribution is 2.25. The van der Waals surface area contributed by atoms with Gasteiger partial charge in [0.15, 0.2) is 0 Å². The summed E-state index contributed by atoms with van der Waals surface area (Å²) in [7, 11) is -3.88. The Morgan fingerprint density at radius 1 is 1.40 bits per heavy atom. The Hall–Kier alpha value is -1.51. The number of nitro benzene ring substituents is 1. The van der Waals surface area contributed by atoms with Gasteiger partial charge in [-0.15, -0.1) is 0 Å². The number of aliphatic hydroxyl groups is 1. The third kappa shape index (κ3) is 3.75. The molecule has 1 aromatic carbocycles. The number of rotatable bonds is 6. The van der Waals surface area contributed by atoms with E-state index in [1.165, 1.54) is 6.07 Å². The fourth-order valence-corrected chi connectivity index (χ4v) is 2.76. The molecular formula is C12H18N2O5S. The summed E-state index contributed by atoms with van der Waals surface area (Å²) in [6.07, 6.45) is -0.374. The molecule has 2 N–H and O–H groups in total. The monoisotopic (exact) mass is 302 g/mol. The number of nitrogens with one attached hydrogen (secondary N) is 1. The minimum atomic E-state index is -3.88. The van der Waals surface area contributed by atoms with Crippen molar-refractivity contribution < 1.29 is 18.4 Å². The fraction of sp³-hybridized carbons (Fsp3) is 0.500. The summed E-state index contributed by atoms with van der Waals surface area (Å²) in [5.41, 5.74) is 0.722. The van der Waals surface area contributed by atoms with Crippen molar-refractivity contribution in [2.75, 3.05) is 6.54 Å². The minimum Gasteiger partial charge on any atom is -0.392 e. The largest absolute Gasteiger partial charge is 0.392 e. The lowest BCUT2D eigenvalue weighted by atomic mass is 10.1. The first-order valence-electron chi connectivity index (χ1n) is 6.12. The number of aryl methyl sites for hydroxylation is 1. The Labute approximate surface area is 117 Å². The second kappa shape index (κ2) is 6.29. The van der Waals surface area contributed by atoms with Crippen molar-refractivity contribution in [2.45, 2.75) is 38.2 Å². The summed E-state index contributed by atoms with van der Waals surface area (Å²) >= 11 is 0. The van der Waals surface area contributed by atoms with Crippen LogP contribution in [0.15, 0.2) is 17.0 Å². The number of sulfonamides is 1. The molecule has 0 aliphatic heterocycles. The van der Waals surface area contributed by atoms with Gasteiger partial charge in [-0.1, -0.05) is 6.92 Å². The highest BCUT2D eigenvalue weighted by Gasteiger charge is 2.22. The van der Waals surface area contributed by atoms with E-state index in [1.54, 1.807) is 20.8 Å². The van der Waals surface area contributed by atoms with Gasteiger partial charge in [0, 0.05) is 18.2 Å². The van der Waals surface area contributed by atoms with Gasteiger partial charge in [-0.05, 0) is 31.9 Å². The molecule has 112 valence electrons. The molecule has 0 fully saturated rings. The maximum Gasteiger partial charge on any atom is 0.273 e. The predicted molar refractivity (Wildman–Crippen MR) is 74.1 cm³/mol. The summed E-state index contributed by atoms with van der Waals surface area (Å²) < 4.78 is 26.3. The highest BCUT2D eigenvalue weighted by molar-refractivity contribution is 7.89. The second-order valence-corrected chi connectivity index (χ2v) is 6.32. The van der Waals surface area contributed by atoms with E-state index < -0.39 is 21.1 Å². The van der Waals surface area contributed by atoms with Crippen molar-refractivity contribution in [3.05, 3.63) is 33.4 Å². The predicted octanol–water partition coefficient (Wildman–Crippen LogP) is 1.26. The molecule has 0 radical (unpaired) electrons. The zero-order valence-electron chi connectivity index (χ0n) is 11.6. The summed E-state index contributed by atoms with van der Waals surface area (Å²) in [6.45, 7) is 4.78. The van der Waals surface area contributed by atoms with Crippen LogP contribution in [0.1, 0.15) is 24.5 Å². The second-order valence-electron chi connectivity index (χ2n) is 4.56. The zero-order chi connectivity index (χ0) is 15.5. The standard InChI is InChI=1S/C12H18N2O5S/c1-4-10(15)7-13-20(18,19)11-5-8(2)9(3)12(6-11)14(16)17/h5-6,10,13,15H,4,7H2,1-3H3. The van der Waals surface area contributed by atoms with Crippen molar-refractivity contribution in [2.24, 2.45) is 0 Å². The van der Waals surface area contributed by atoms with Gasteiger partial charge in [0.05, 0.1) is 15.9 Å². The third-order valence-corrected chi connectivity index (χ3v) is 4.50. The molecule has 0 saturated heterocycles. The molecule has 0 spiro atoms. The van der Waals surface area contributed by atoms with E-state index in [9.17, 15) is 23.6 Å². The Morgan fingerprint density at radius 2 is 2.00 bits per heavy atom. The number of nitrogens with zero attached hydrogens (tertiary/aromatic N) is 1. The normalized spacial score (nSPS) is 13.2. The molecular weight excluding hydrogens is 284 g/mol. The lowest BCUT2D eigenvalue weighted by Gasteiger charge is -2.11. The lowest BCUT2D eigenvalue weighted by molar-refractivity contribution is -0.385. The van der Waals surface area contributed by atoms with Gasteiger partial charge in [-0.3, -0.25) is 10.1 Å². The van der Waals surface area contributed by atoms with Crippen LogP contribution in [0.4, 0.5) is 5.69 Å². The maximum absolute atomic E-state index is 12.0. The molecule has 0 aliphatic rings. The van der Waals surface area contributed by atoms with Crippen LogP contribution in [-0.4, -0.2) is 31.1 Å². The third-order valence-electron chi connectivity index (χ3n) is 3.10. The Bertz CT molecular complexity index is 613. The average molecular weight is 302 g/mol. The summed E-state index contributed by atoms with van der Waals surface area (Å²) in [5, 5.41) is 20.3. The van der Waals surface area contributed by atoms with E-state index in [0.29, 0.717) is 17.5 Å². The number of hydrogen-bond donors (Lipinski definition) is 2. The van der Waals surface area contributed by atoms with Crippen molar-refractivity contribution >= 4 is 15.7 Å². The van der Waals surface area contributed by atoms with E-state index in [-0.39, 0.29) is 17.1 Å². The van der Waals surface area contributed by atoms with Crippen LogP contribution in [0.5, 0.6) is 0 Å². The first-order valence-corrected chi connectivity index (χ1v) is 7.60. The number of nitro groups is 1. The summed E-state index contributed by atoms with van der Waals surface area (Å²) in [6, 6.07) is 2.41. The highest BCUT2D eigenvalue weighted by atomic mass is 32.2. The topological polar surface area (TPSA) is 110 Å². The quantitative estimate of drug-likeness (QED) is 0.607. The van der Waals surface area contributed by atoms with Crippen LogP contribution in [0.25, 0.3) is 0 Å². The van der Waals surface area contributed by atoms with Gasteiger partial charge in [0.1, 0.15) is 0 Å². The molecule has 7 nitrogen and oxygen atoms in total. The van der Waals surface area contributed by atoms with Gasteiger partial charge in [-0.2, -0.15) is 0 Å². The average Bonchev–Trinajstić information content (AvgIpc) is 2.38. The molecule has 8 heteroatoms. The fourth-order valence-electron chi connectivity index (χ4n) is 1.59. The molecule has 0 heterocycles. The molecule has 20 heavy (non-hydrogen) atoms. The lowest BCUT2D eigenvalue weighted by Crippen LogP contribution is -2.31. The zero-order valence-corrected chi connectivity index (χ0v) is 12.4. The molecule has 0 saturated carbocycles. The first kappa shape index (κ1) is 16.5. The van der Waals surface area contributed by atoms with Crippen molar-refractivity contribution in [3.8, 4) is 0 Å². The van der Waals surface area contributed by atoms with E-state index >= 15 is 0 Å². The van der Waals surface area contributed by atoms with Crippen LogP contribution >= 0.6 is 0 Å². The van der Waals surface area contributed by atoms with Gasteiger partial charge in [-0.25, -0.2) is 13.1 Å². The molecule has 1 aromatic rings. The van der Waals surface area contributed by atoms with E-state index in [0.717, 1.165) is 6.07 Å². The molecule has 0 aliphatic carbocycles. The molecule has 1 atom stereocenters.